The Balaban J connectivity index is 2.52. The molecular formula is C11H13N3O6. The summed E-state index contributed by atoms with van der Waals surface area (Å²) in [6.07, 6.45) is 1.35. The molecule has 0 spiro atoms. The van der Waals surface area contributed by atoms with Gasteiger partial charge in [0.2, 0.25) is 0 Å². The summed E-state index contributed by atoms with van der Waals surface area (Å²) in [5.74, 6) is -2.53. The fraction of sp³-hybridized carbons (Fsp3) is 0.364. The van der Waals surface area contributed by atoms with Crippen LogP contribution in [0.15, 0.2) is 6.20 Å². The molecule has 0 saturated heterocycles. The molecule has 2 rings (SSSR count). The molecule has 4 N–H and O–H groups in total. The lowest BCUT2D eigenvalue weighted by Crippen LogP contribution is -2.49. The third kappa shape index (κ3) is 2.12. The summed E-state index contributed by atoms with van der Waals surface area (Å²) in [6.45, 7) is 0. The van der Waals surface area contributed by atoms with Gasteiger partial charge in [-0.1, -0.05) is 0 Å². The van der Waals surface area contributed by atoms with Crippen molar-refractivity contribution in [3.8, 4) is 0 Å². The van der Waals surface area contributed by atoms with E-state index in [0.29, 0.717) is 5.56 Å². The monoisotopic (exact) mass is 283 g/mol. The molecule has 108 valence electrons. The lowest BCUT2D eigenvalue weighted by Gasteiger charge is -2.28. The van der Waals surface area contributed by atoms with E-state index < -0.39 is 30.0 Å². The van der Waals surface area contributed by atoms with E-state index in [1.807, 2.05) is 0 Å². The van der Waals surface area contributed by atoms with Crippen molar-refractivity contribution in [3.05, 3.63) is 23.0 Å². The van der Waals surface area contributed by atoms with E-state index in [1.54, 1.807) is 0 Å². The van der Waals surface area contributed by atoms with Crippen LogP contribution in [0.4, 0.5) is 0 Å². The summed E-state index contributed by atoms with van der Waals surface area (Å²) in [6, 6.07) is -1.95. The second-order valence-corrected chi connectivity index (χ2v) is 4.04. The quantitative estimate of drug-likeness (QED) is 0.533. The van der Waals surface area contributed by atoms with Gasteiger partial charge in [0, 0.05) is 17.3 Å². The first-order valence-corrected chi connectivity index (χ1v) is 5.62. The number of ether oxygens (including phenoxy) is 2. The number of fused-ring (bicyclic) bond motifs is 1. The Labute approximate surface area is 113 Å². The van der Waals surface area contributed by atoms with E-state index in [-0.39, 0.29) is 11.3 Å². The largest absolute Gasteiger partial charge is 0.477 e. The van der Waals surface area contributed by atoms with Gasteiger partial charge in [-0.15, -0.1) is 0 Å². The van der Waals surface area contributed by atoms with Gasteiger partial charge < -0.3 is 19.6 Å². The van der Waals surface area contributed by atoms with Crippen molar-refractivity contribution < 1.29 is 29.0 Å². The lowest BCUT2D eigenvalue weighted by molar-refractivity contribution is -0.148. The molecule has 0 amide bonds. The molecule has 9 nitrogen and oxygen atoms in total. The van der Waals surface area contributed by atoms with Gasteiger partial charge in [-0.3, -0.25) is 0 Å². The van der Waals surface area contributed by atoms with Crippen LogP contribution in [0.1, 0.15) is 33.7 Å². The van der Waals surface area contributed by atoms with Gasteiger partial charge in [-0.05, 0) is 0 Å². The van der Waals surface area contributed by atoms with Gasteiger partial charge in [0.1, 0.15) is 17.8 Å². The number of aromatic nitrogens is 1. The first-order chi connectivity index (χ1) is 9.51. The lowest BCUT2D eigenvalue weighted by atomic mass is 9.95. The zero-order valence-electron chi connectivity index (χ0n) is 10.7. The highest BCUT2D eigenvalue weighted by molar-refractivity contribution is 5.93. The predicted molar refractivity (Wildman–Crippen MR) is 63.5 cm³/mol. The molecular weight excluding hydrogens is 270 g/mol. The number of aromatic amines is 1. The highest BCUT2D eigenvalue weighted by atomic mass is 16.5. The topological polar surface area (TPSA) is 130 Å². The normalized spacial score (nSPS) is 20.9. The molecule has 9 heteroatoms. The van der Waals surface area contributed by atoms with E-state index in [0.717, 1.165) is 0 Å². The number of carbonyl (C=O) groups is 3. The molecule has 2 atom stereocenters. The van der Waals surface area contributed by atoms with Gasteiger partial charge in [-0.25, -0.2) is 25.2 Å². The van der Waals surface area contributed by atoms with Crippen molar-refractivity contribution >= 4 is 17.9 Å². The van der Waals surface area contributed by atoms with Crippen LogP contribution in [-0.2, 0) is 19.1 Å². The molecule has 20 heavy (non-hydrogen) atoms. The number of hydrogen-bond donors (Lipinski definition) is 4. The zero-order valence-corrected chi connectivity index (χ0v) is 10.7. The number of nitrogens with one attached hydrogen (secondary N) is 3. The molecule has 0 saturated carbocycles. The Morgan fingerprint density at radius 1 is 1.10 bits per heavy atom. The SMILES string of the molecule is COC(=O)C1NNC(C(=O)OC)c2c1c[nH]c2C(=O)O. The summed E-state index contributed by atoms with van der Waals surface area (Å²) in [5.41, 5.74) is 5.46. The number of rotatable bonds is 3. The Morgan fingerprint density at radius 2 is 1.65 bits per heavy atom. The average molecular weight is 283 g/mol. The molecule has 1 aromatic rings. The van der Waals surface area contributed by atoms with Crippen LogP contribution in [0.3, 0.4) is 0 Å². The van der Waals surface area contributed by atoms with E-state index >= 15 is 0 Å². The molecule has 0 aromatic carbocycles. The minimum absolute atomic E-state index is 0.151. The molecule has 0 radical (unpaired) electrons. The summed E-state index contributed by atoms with van der Waals surface area (Å²) in [5, 5.41) is 9.14. The molecule has 2 unspecified atom stereocenters. The molecule has 1 aliphatic rings. The standard InChI is InChI=1S/C11H13N3O6/c1-19-10(17)6-4-3-12-7(9(15)16)5(4)8(14-13-6)11(18)20-2/h3,6,8,12-14H,1-2H3,(H,15,16). The minimum atomic E-state index is -1.24. The van der Waals surface area contributed by atoms with Crippen LogP contribution >= 0.6 is 0 Å². The second kappa shape index (κ2) is 5.31. The van der Waals surface area contributed by atoms with Crippen molar-refractivity contribution in [2.24, 2.45) is 0 Å². The van der Waals surface area contributed by atoms with Gasteiger partial charge in [0.05, 0.1) is 14.2 Å². The van der Waals surface area contributed by atoms with E-state index in [4.69, 9.17) is 5.11 Å². The Hall–Kier alpha value is -2.39. The van der Waals surface area contributed by atoms with E-state index in [1.165, 1.54) is 20.4 Å². The molecule has 0 bridgehead atoms. The number of hydrogen-bond acceptors (Lipinski definition) is 7. The van der Waals surface area contributed by atoms with Gasteiger partial charge in [0.15, 0.2) is 0 Å². The van der Waals surface area contributed by atoms with Gasteiger partial charge >= 0.3 is 17.9 Å². The molecule has 0 fully saturated rings. The first kappa shape index (κ1) is 14.0. The van der Waals surface area contributed by atoms with Gasteiger partial charge in [0.25, 0.3) is 0 Å². The Kier molecular flexibility index (Phi) is 3.72. The summed E-state index contributed by atoms with van der Waals surface area (Å²) >= 11 is 0. The average Bonchev–Trinajstić information content (AvgIpc) is 2.89. The molecule has 1 aromatic heterocycles. The first-order valence-electron chi connectivity index (χ1n) is 5.62. The summed E-state index contributed by atoms with van der Waals surface area (Å²) < 4.78 is 9.23. The number of aromatic carboxylic acids is 1. The van der Waals surface area contributed by atoms with Crippen LogP contribution in [0.5, 0.6) is 0 Å². The highest BCUT2D eigenvalue weighted by Crippen LogP contribution is 2.32. The van der Waals surface area contributed by atoms with Crippen LogP contribution in [-0.4, -0.2) is 42.2 Å². The molecule has 1 aliphatic heterocycles. The predicted octanol–water partition coefficient (Wildman–Crippen LogP) is -0.751. The zero-order chi connectivity index (χ0) is 14.9. The number of carboxylic acids is 1. The van der Waals surface area contributed by atoms with Crippen LogP contribution in [0.25, 0.3) is 0 Å². The molecule has 0 aliphatic carbocycles. The number of hydrazine groups is 1. The smallest absolute Gasteiger partial charge is 0.352 e. The maximum Gasteiger partial charge on any atom is 0.352 e. The number of carbonyl (C=O) groups excluding carboxylic acids is 2. The van der Waals surface area contributed by atoms with E-state index in [9.17, 15) is 14.4 Å². The van der Waals surface area contributed by atoms with Crippen LogP contribution < -0.4 is 10.9 Å². The van der Waals surface area contributed by atoms with Crippen LogP contribution in [0.2, 0.25) is 0 Å². The number of H-pyrrole nitrogens is 1. The maximum absolute atomic E-state index is 11.7. The van der Waals surface area contributed by atoms with Crippen molar-refractivity contribution in [2.75, 3.05) is 14.2 Å². The molecule has 2 heterocycles. The highest BCUT2D eigenvalue weighted by Gasteiger charge is 2.39. The fourth-order valence-electron chi connectivity index (χ4n) is 2.09. The third-order valence-corrected chi connectivity index (χ3v) is 3.01. The summed E-state index contributed by atoms with van der Waals surface area (Å²) in [4.78, 5) is 37.1. The number of carboxylic acid groups (broad SMARTS) is 1. The summed E-state index contributed by atoms with van der Waals surface area (Å²) in [7, 11) is 2.39. The van der Waals surface area contributed by atoms with Gasteiger partial charge in [-0.2, -0.15) is 0 Å². The van der Waals surface area contributed by atoms with E-state index in [2.05, 4.69) is 25.3 Å². The number of esters is 2. The minimum Gasteiger partial charge on any atom is -0.477 e. The maximum atomic E-state index is 11.7. The number of methoxy groups -OCH3 is 2. The van der Waals surface area contributed by atoms with Crippen molar-refractivity contribution in [3.63, 3.8) is 0 Å². The van der Waals surface area contributed by atoms with Crippen LogP contribution in [0, 0.1) is 0 Å². The Bertz CT molecular complexity index is 567. The second-order valence-electron chi connectivity index (χ2n) is 4.04. The fourth-order valence-corrected chi connectivity index (χ4v) is 2.09. The Morgan fingerprint density at radius 3 is 2.20 bits per heavy atom. The van der Waals surface area contributed by atoms with Crippen molar-refractivity contribution in [2.45, 2.75) is 12.1 Å². The van der Waals surface area contributed by atoms with Crippen molar-refractivity contribution in [1.82, 2.24) is 15.8 Å². The van der Waals surface area contributed by atoms with Crippen molar-refractivity contribution in [1.29, 1.82) is 0 Å². The third-order valence-electron chi connectivity index (χ3n) is 3.01.